The summed E-state index contributed by atoms with van der Waals surface area (Å²) in [6.07, 6.45) is -2.69. The molecule has 1 fully saturated rings. The van der Waals surface area contributed by atoms with E-state index in [2.05, 4.69) is 5.32 Å². The molecular weight excluding hydrogens is 317 g/mol. The Morgan fingerprint density at radius 2 is 1.86 bits per heavy atom. The van der Waals surface area contributed by atoms with Gasteiger partial charge in [-0.1, -0.05) is 12.1 Å². The summed E-state index contributed by atoms with van der Waals surface area (Å²) in [5.74, 6) is -0.129. The van der Waals surface area contributed by atoms with Crippen LogP contribution in [0.2, 0.25) is 0 Å². The van der Waals surface area contributed by atoms with Gasteiger partial charge in [0.1, 0.15) is 0 Å². The van der Waals surface area contributed by atoms with Crippen molar-refractivity contribution in [3.63, 3.8) is 0 Å². The highest BCUT2D eigenvalue weighted by atomic mass is 35.5. The Hall–Kier alpha value is -1.27. The second-order valence-electron chi connectivity index (χ2n) is 5.57. The molecule has 1 aromatic rings. The van der Waals surface area contributed by atoms with Crippen molar-refractivity contribution >= 4 is 24.0 Å². The molecule has 0 saturated heterocycles. The molecule has 124 valence electrons. The van der Waals surface area contributed by atoms with Gasteiger partial charge in [-0.15, -0.1) is 12.4 Å². The van der Waals surface area contributed by atoms with Gasteiger partial charge < -0.3 is 11.1 Å². The Labute approximate surface area is 133 Å². The first kappa shape index (κ1) is 18.8. The van der Waals surface area contributed by atoms with Crippen LogP contribution in [0.3, 0.4) is 0 Å². The number of aryl methyl sites for hydroxylation is 1. The summed E-state index contributed by atoms with van der Waals surface area (Å²) in [7, 11) is 0. The molecule has 0 heterocycles. The van der Waals surface area contributed by atoms with Crippen LogP contribution in [0, 0.1) is 5.92 Å². The van der Waals surface area contributed by atoms with Gasteiger partial charge in [-0.2, -0.15) is 13.2 Å². The number of rotatable bonds is 4. The zero-order valence-electron chi connectivity index (χ0n) is 12.0. The zero-order valence-corrected chi connectivity index (χ0v) is 12.8. The predicted molar refractivity (Wildman–Crippen MR) is 82.0 cm³/mol. The molecule has 2 atom stereocenters. The lowest BCUT2D eigenvalue weighted by Gasteiger charge is -2.11. The van der Waals surface area contributed by atoms with Gasteiger partial charge in [0.25, 0.3) is 0 Å². The van der Waals surface area contributed by atoms with Gasteiger partial charge in [0.05, 0.1) is 0 Å². The molecule has 0 spiro atoms. The molecule has 1 aromatic carbocycles. The Balaban J connectivity index is 0.00000242. The van der Waals surface area contributed by atoms with E-state index in [4.69, 9.17) is 5.73 Å². The van der Waals surface area contributed by atoms with E-state index in [1.165, 1.54) is 0 Å². The van der Waals surface area contributed by atoms with Crippen molar-refractivity contribution in [2.24, 2.45) is 11.7 Å². The molecule has 0 radical (unpaired) electrons. The van der Waals surface area contributed by atoms with Gasteiger partial charge in [0.15, 0.2) is 0 Å². The van der Waals surface area contributed by atoms with Gasteiger partial charge >= 0.3 is 6.18 Å². The lowest BCUT2D eigenvalue weighted by atomic mass is 10.1. The summed E-state index contributed by atoms with van der Waals surface area (Å²) >= 11 is 0. The minimum Gasteiger partial charge on any atom is -0.328 e. The van der Waals surface area contributed by atoms with Crippen LogP contribution in [-0.4, -0.2) is 18.1 Å². The number of amides is 1. The maximum Gasteiger partial charge on any atom is 0.389 e. The van der Waals surface area contributed by atoms with Crippen LogP contribution in [-0.2, 0) is 11.2 Å². The second-order valence-corrected chi connectivity index (χ2v) is 5.57. The zero-order chi connectivity index (χ0) is 15.5. The third-order valence-corrected chi connectivity index (χ3v) is 3.76. The molecule has 3 nitrogen and oxygen atoms in total. The van der Waals surface area contributed by atoms with Gasteiger partial charge in [-0.05, 0) is 43.4 Å². The highest BCUT2D eigenvalue weighted by Gasteiger charge is 2.28. The number of nitrogens with two attached hydrogens (primary N) is 1. The molecule has 1 aliphatic rings. The van der Waals surface area contributed by atoms with Gasteiger partial charge in [-0.25, -0.2) is 0 Å². The Bertz CT molecular complexity index is 491. The first-order chi connectivity index (χ1) is 9.83. The van der Waals surface area contributed by atoms with Crippen LogP contribution in [0.4, 0.5) is 18.9 Å². The first-order valence-electron chi connectivity index (χ1n) is 7.05. The number of alkyl halides is 3. The van der Waals surface area contributed by atoms with Crippen LogP contribution < -0.4 is 11.1 Å². The van der Waals surface area contributed by atoms with E-state index in [0.717, 1.165) is 12.8 Å². The summed E-state index contributed by atoms with van der Waals surface area (Å²) < 4.78 is 36.4. The SMILES string of the molecule is Cl.NC1CCC(C(=O)Nc2ccc(CCC(F)(F)F)cc2)C1. The molecule has 3 N–H and O–H groups in total. The van der Waals surface area contributed by atoms with Gasteiger partial charge in [-0.3, -0.25) is 4.79 Å². The molecular formula is C15H20ClF3N2O. The largest absolute Gasteiger partial charge is 0.389 e. The normalized spacial score (nSPS) is 21.3. The monoisotopic (exact) mass is 336 g/mol. The van der Waals surface area contributed by atoms with E-state index < -0.39 is 12.6 Å². The molecule has 0 bridgehead atoms. The minimum absolute atomic E-state index is 0. The molecule has 1 saturated carbocycles. The maximum atomic E-state index is 12.1. The molecule has 2 rings (SSSR count). The van der Waals surface area contributed by atoms with Crippen LogP contribution in [0.5, 0.6) is 0 Å². The first-order valence-corrected chi connectivity index (χ1v) is 7.05. The number of carbonyl (C=O) groups is 1. The number of hydrogen-bond donors (Lipinski definition) is 2. The van der Waals surface area contributed by atoms with E-state index in [1.54, 1.807) is 24.3 Å². The van der Waals surface area contributed by atoms with E-state index >= 15 is 0 Å². The number of nitrogens with one attached hydrogen (secondary N) is 1. The van der Waals surface area contributed by atoms with E-state index in [-0.39, 0.29) is 36.7 Å². The molecule has 2 unspecified atom stereocenters. The quantitative estimate of drug-likeness (QED) is 0.881. The average Bonchev–Trinajstić information content (AvgIpc) is 2.84. The summed E-state index contributed by atoms with van der Waals surface area (Å²) in [6, 6.07) is 6.59. The number of halogens is 4. The third kappa shape index (κ3) is 5.85. The Morgan fingerprint density at radius 1 is 1.23 bits per heavy atom. The van der Waals surface area contributed by atoms with Crippen molar-refractivity contribution in [3.05, 3.63) is 29.8 Å². The number of anilines is 1. The molecule has 22 heavy (non-hydrogen) atoms. The van der Waals surface area contributed by atoms with Crippen molar-refractivity contribution in [1.29, 1.82) is 0 Å². The number of benzene rings is 1. The summed E-state index contributed by atoms with van der Waals surface area (Å²) in [6.45, 7) is 0. The standard InChI is InChI=1S/C15H19F3N2O.ClH/c16-15(17,18)8-7-10-1-5-13(6-2-10)20-14(21)11-3-4-12(19)9-11;/h1-2,5-6,11-12H,3-4,7-9,19H2,(H,20,21);1H. The third-order valence-electron chi connectivity index (χ3n) is 3.76. The van der Waals surface area contributed by atoms with E-state index in [1.807, 2.05) is 0 Å². The number of hydrogen-bond acceptors (Lipinski definition) is 2. The fourth-order valence-electron chi connectivity index (χ4n) is 2.54. The summed E-state index contributed by atoms with van der Waals surface area (Å²) in [5, 5.41) is 2.79. The fraction of sp³-hybridized carbons (Fsp3) is 0.533. The average molecular weight is 337 g/mol. The van der Waals surface area contributed by atoms with Gasteiger partial charge in [0.2, 0.25) is 5.91 Å². The lowest BCUT2D eigenvalue weighted by molar-refractivity contribution is -0.134. The second kappa shape index (κ2) is 7.83. The Kier molecular flexibility index (Phi) is 6.68. The fourth-order valence-corrected chi connectivity index (χ4v) is 2.54. The molecule has 1 amide bonds. The molecule has 0 aromatic heterocycles. The summed E-state index contributed by atoms with van der Waals surface area (Å²) in [5.41, 5.74) is 6.99. The van der Waals surface area contributed by atoms with Crippen LogP contribution in [0.25, 0.3) is 0 Å². The van der Waals surface area contributed by atoms with Crippen LogP contribution in [0.1, 0.15) is 31.2 Å². The minimum atomic E-state index is -4.14. The number of carbonyl (C=O) groups excluding carboxylic acids is 1. The lowest BCUT2D eigenvalue weighted by Crippen LogP contribution is -2.23. The maximum absolute atomic E-state index is 12.1. The van der Waals surface area contributed by atoms with Crippen molar-refractivity contribution in [3.8, 4) is 0 Å². The van der Waals surface area contributed by atoms with E-state index in [9.17, 15) is 18.0 Å². The van der Waals surface area contributed by atoms with E-state index in [0.29, 0.717) is 17.7 Å². The topological polar surface area (TPSA) is 55.1 Å². The summed E-state index contributed by atoms with van der Waals surface area (Å²) in [4.78, 5) is 12.0. The highest BCUT2D eigenvalue weighted by molar-refractivity contribution is 5.92. The Morgan fingerprint density at radius 3 is 2.36 bits per heavy atom. The molecule has 7 heteroatoms. The smallest absolute Gasteiger partial charge is 0.328 e. The van der Waals surface area contributed by atoms with Crippen molar-refractivity contribution in [2.75, 3.05) is 5.32 Å². The molecule has 1 aliphatic carbocycles. The molecule has 0 aliphatic heterocycles. The van der Waals surface area contributed by atoms with Crippen molar-refractivity contribution < 1.29 is 18.0 Å². The van der Waals surface area contributed by atoms with Crippen molar-refractivity contribution in [2.45, 2.75) is 44.3 Å². The highest BCUT2D eigenvalue weighted by Crippen LogP contribution is 2.26. The predicted octanol–water partition coefficient (Wildman–Crippen LogP) is 3.67. The van der Waals surface area contributed by atoms with Crippen LogP contribution in [0.15, 0.2) is 24.3 Å². The van der Waals surface area contributed by atoms with Crippen LogP contribution >= 0.6 is 12.4 Å². The van der Waals surface area contributed by atoms with Crippen molar-refractivity contribution in [1.82, 2.24) is 0 Å². The van der Waals surface area contributed by atoms with Gasteiger partial charge in [0, 0.05) is 24.1 Å².